The highest BCUT2D eigenvalue weighted by atomic mass is 35.5. The number of fused-ring (bicyclic) bond motifs is 1. The third kappa shape index (κ3) is 1.70. The zero-order chi connectivity index (χ0) is 11.0. The Hall–Kier alpha value is -1.39. The second-order valence-electron chi connectivity index (χ2n) is 3.41. The molecule has 3 aromatic heterocycles. The Bertz CT molecular complexity index is 615. The Morgan fingerprint density at radius 2 is 2.25 bits per heavy atom. The van der Waals surface area contributed by atoms with Crippen LogP contribution < -0.4 is 0 Å². The van der Waals surface area contributed by atoms with Gasteiger partial charge in [-0.05, 0) is 23.6 Å². The van der Waals surface area contributed by atoms with E-state index in [1.165, 1.54) is 4.88 Å². The van der Waals surface area contributed by atoms with E-state index >= 15 is 0 Å². The molecule has 3 aromatic rings. The quantitative estimate of drug-likeness (QED) is 0.699. The minimum atomic E-state index is 0.632. The maximum Gasteiger partial charge on any atom is 0.174 e. The molecule has 0 aliphatic carbocycles. The molecule has 16 heavy (non-hydrogen) atoms. The molecule has 0 saturated carbocycles. The van der Waals surface area contributed by atoms with Crippen LogP contribution in [0.5, 0.6) is 0 Å². The number of hydrogen-bond acceptors (Lipinski definition) is 3. The molecule has 80 valence electrons. The molecule has 0 N–H and O–H groups in total. The van der Waals surface area contributed by atoms with Crippen molar-refractivity contribution in [2.75, 3.05) is 0 Å². The summed E-state index contributed by atoms with van der Waals surface area (Å²) < 4.78 is 1.71. The normalized spacial score (nSPS) is 11.1. The van der Waals surface area contributed by atoms with E-state index in [1.807, 2.05) is 24.4 Å². The predicted molar refractivity (Wildman–Crippen MR) is 65.1 cm³/mol. The van der Waals surface area contributed by atoms with Crippen LogP contribution >= 0.6 is 22.9 Å². The molecule has 5 heteroatoms. The summed E-state index contributed by atoms with van der Waals surface area (Å²) in [5, 5.41) is 7.06. The van der Waals surface area contributed by atoms with Crippen LogP contribution in [0, 0.1) is 0 Å². The third-order valence-electron chi connectivity index (χ3n) is 2.27. The molecule has 0 fully saturated rings. The molecular weight excluding hydrogens is 242 g/mol. The van der Waals surface area contributed by atoms with Gasteiger partial charge in [0.1, 0.15) is 0 Å². The Kier molecular flexibility index (Phi) is 2.38. The Labute approximate surface area is 101 Å². The summed E-state index contributed by atoms with van der Waals surface area (Å²) in [6.07, 6.45) is 2.61. The van der Waals surface area contributed by atoms with E-state index in [4.69, 9.17) is 11.6 Å². The van der Waals surface area contributed by atoms with Crippen molar-refractivity contribution in [1.82, 2.24) is 14.6 Å². The van der Waals surface area contributed by atoms with E-state index in [2.05, 4.69) is 21.5 Å². The molecule has 0 radical (unpaired) electrons. The largest absolute Gasteiger partial charge is 0.219 e. The maximum atomic E-state index is 6.03. The van der Waals surface area contributed by atoms with Gasteiger partial charge in [-0.1, -0.05) is 17.7 Å². The fourth-order valence-electron chi connectivity index (χ4n) is 1.56. The monoisotopic (exact) mass is 249 g/mol. The lowest BCUT2D eigenvalue weighted by Gasteiger charge is -1.90. The molecule has 0 spiro atoms. The zero-order valence-corrected chi connectivity index (χ0v) is 9.87. The number of aromatic nitrogens is 3. The van der Waals surface area contributed by atoms with Crippen molar-refractivity contribution in [2.24, 2.45) is 0 Å². The lowest BCUT2D eigenvalue weighted by atomic mass is 10.3. The van der Waals surface area contributed by atoms with Crippen molar-refractivity contribution in [3.8, 4) is 0 Å². The van der Waals surface area contributed by atoms with Gasteiger partial charge in [-0.25, -0.2) is 9.50 Å². The zero-order valence-electron chi connectivity index (χ0n) is 8.30. The van der Waals surface area contributed by atoms with Gasteiger partial charge in [0.05, 0.1) is 5.02 Å². The molecule has 0 aliphatic heterocycles. The fraction of sp³-hybridized carbons (Fsp3) is 0.0909. The Morgan fingerprint density at radius 3 is 3.00 bits per heavy atom. The van der Waals surface area contributed by atoms with Crippen molar-refractivity contribution in [3.05, 3.63) is 51.6 Å². The first-order valence-corrected chi connectivity index (χ1v) is 6.11. The van der Waals surface area contributed by atoms with E-state index < -0.39 is 0 Å². The lowest BCUT2D eigenvalue weighted by molar-refractivity contribution is 0.905. The predicted octanol–water partition coefficient (Wildman–Crippen LogP) is 3.04. The average Bonchev–Trinajstić information content (AvgIpc) is 2.88. The highest BCUT2D eigenvalue weighted by Crippen LogP contribution is 2.17. The number of hydrogen-bond donors (Lipinski definition) is 0. The smallest absolute Gasteiger partial charge is 0.174 e. The molecule has 0 amide bonds. The number of rotatable bonds is 2. The number of pyridine rings is 1. The van der Waals surface area contributed by atoms with Crippen molar-refractivity contribution < 1.29 is 0 Å². The van der Waals surface area contributed by atoms with Crippen LogP contribution in [0.4, 0.5) is 0 Å². The third-order valence-corrected chi connectivity index (χ3v) is 3.44. The van der Waals surface area contributed by atoms with Gasteiger partial charge in [-0.3, -0.25) is 0 Å². The van der Waals surface area contributed by atoms with Gasteiger partial charge in [-0.2, -0.15) is 5.10 Å². The Balaban J connectivity index is 2.02. The number of thiophene rings is 1. The Morgan fingerprint density at radius 1 is 1.31 bits per heavy atom. The van der Waals surface area contributed by atoms with Gasteiger partial charge >= 0.3 is 0 Å². The number of nitrogens with zero attached hydrogens (tertiary/aromatic N) is 3. The maximum absolute atomic E-state index is 6.03. The fourth-order valence-corrected chi connectivity index (χ4v) is 2.46. The van der Waals surface area contributed by atoms with Crippen LogP contribution in [0.25, 0.3) is 5.65 Å². The van der Waals surface area contributed by atoms with E-state index in [9.17, 15) is 0 Å². The second-order valence-corrected chi connectivity index (χ2v) is 4.85. The summed E-state index contributed by atoms with van der Waals surface area (Å²) in [5.74, 6) is 0.801. The van der Waals surface area contributed by atoms with Crippen molar-refractivity contribution in [2.45, 2.75) is 6.42 Å². The minimum Gasteiger partial charge on any atom is -0.219 e. The summed E-state index contributed by atoms with van der Waals surface area (Å²) in [5.41, 5.74) is 0.718. The molecule has 3 heterocycles. The summed E-state index contributed by atoms with van der Waals surface area (Å²) in [6, 6.07) is 7.79. The van der Waals surface area contributed by atoms with Crippen LogP contribution in [-0.2, 0) is 6.42 Å². The molecule has 3 nitrogen and oxygen atoms in total. The first-order valence-electron chi connectivity index (χ1n) is 4.85. The van der Waals surface area contributed by atoms with Crippen molar-refractivity contribution >= 4 is 28.6 Å². The van der Waals surface area contributed by atoms with Gasteiger partial charge in [0.25, 0.3) is 0 Å². The van der Waals surface area contributed by atoms with E-state index in [-0.39, 0.29) is 0 Å². The van der Waals surface area contributed by atoms with Crippen LogP contribution in [0.1, 0.15) is 10.7 Å². The molecule has 0 aliphatic rings. The van der Waals surface area contributed by atoms with Crippen LogP contribution in [0.3, 0.4) is 0 Å². The first kappa shape index (κ1) is 9.81. The van der Waals surface area contributed by atoms with Gasteiger partial charge in [0.15, 0.2) is 11.5 Å². The van der Waals surface area contributed by atoms with Crippen LogP contribution in [0.15, 0.2) is 35.8 Å². The van der Waals surface area contributed by atoms with E-state index in [0.717, 1.165) is 17.9 Å². The summed E-state index contributed by atoms with van der Waals surface area (Å²) in [7, 11) is 0. The van der Waals surface area contributed by atoms with Crippen molar-refractivity contribution in [3.63, 3.8) is 0 Å². The molecule has 3 rings (SSSR count). The van der Waals surface area contributed by atoms with E-state index in [1.54, 1.807) is 15.9 Å². The second kappa shape index (κ2) is 3.88. The number of halogens is 1. The lowest BCUT2D eigenvalue weighted by Crippen LogP contribution is -1.89. The highest BCUT2D eigenvalue weighted by molar-refractivity contribution is 7.09. The summed E-state index contributed by atoms with van der Waals surface area (Å²) in [4.78, 5) is 5.67. The van der Waals surface area contributed by atoms with Crippen LogP contribution in [0.2, 0.25) is 5.02 Å². The minimum absolute atomic E-state index is 0.632. The topological polar surface area (TPSA) is 30.2 Å². The van der Waals surface area contributed by atoms with Gasteiger partial charge < -0.3 is 0 Å². The molecule has 0 atom stereocenters. The molecule has 0 unspecified atom stereocenters. The summed E-state index contributed by atoms with van der Waals surface area (Å²) in [6.45, 7) is 0. The van der Waals surface area contributed by atoms with Crippen molar-refractivity contribution in [1.29, 1.82) is 0 Å². The van der Waals surface area contributed by atoms with Gasteiger partial charge in [0.2, 0.25) is 0 Å². The van der Waals surface area contributed by atoms with E-state index in [0.29, 0.717) is 5.02 Å². The summed E-state index contributed by atoms with van der Waals surface area (Å²) >= 11 is 7.74. The molecule has 0 aromatic carbocycles. The molecule has 0 bridgehead atoms. The van der Waals surface area contributed by atoms with Gasteiger partial charge in [-0.15, -0.1) is 11.3 Å². The van der Waals surface area contributed by atoms with Gasteiger partial charge in [0, 0.05) is 17.5 Å². The highest BCUT2D eigenvalue weighted by Gasteiger charge is 2.07. The molecule has 0 saturated heterocycles. The standard InChI is InChI=1S/C11H8ClN3S/c12-9-4-1-5-15-11(9)13-10(14-15)7-8-3-2-6-16-8/h1-6H,7H2. The average molecular weight is 250 g/mol. The first-order chi connectivity index (χ1) is 7.83. The van der Waals surface area contributed by atoms with Crippen LogP contribution in [-0.4, -0.2) is 14.6 Å². The molecular formula is C11H8ClN3S. The SMILES string of the molecule is Clc1cccn2nc(Cc3cccs3)nc12.